The maximum atomic E-state index is 14.5. The molecular weight excluding hydrogens is 311 g/mol. The van der Waals surface area contributed by atoms with Crippen molar-refractivity contribution >= 4 is 17.5 Å². The predicted octanol–water partition coefficient (Wildman–Crippen LogP) is 2.78. The van der Waals surface area contributed by atoms with Crippen LogP contribution < -0.4 is 9.80 Å². The van der Waals surface area contributed by atoms with E-state index in [1.165, 1.54) is 11.0 Å². The topological polar surface area (TPSA) is 53.0 Å². The number of halogens is 1. The summed E-state index contributed by atoms with van der Waals surface area (Å²) < 4.78 is 19.5. The Balaban J connectivity index is 1.76. The van der Waals surface area contributed by atoms with Gasteiger partial charge in [-0.2, -0.15) is 0 Å². The molecule has 1 unspecified atom stereocenters. The number of benzene rings is 2. The van der Waals surface area contributed by atoms with E-state index in [9.17, 15) is 9.18 Å². The van der Waals surface area contributed by atoms with Crippen LogP contribution in [0.15, 0.2) is 48.5 Å². The predicted molar refractivity (Wildman–Crippen MR) is 89.6 cm³/mol. The number of nitrogens with zero attached hydrogens (tertiary/aromatic N) is 2. The van der Waals surface area contributed by atoms with E-state index in [4.69, 9.17) is 9.84 Å². The molecule has 126 valence electrons. The van der Waals surface area contributed by atoms with Crippen LogP contribution in [0.5, 0.6) is 0 Å². The van der Waals surface area contributed by atoms with Crippen LogP contribution in [0.4, 0.5) is 20.6 Å². The Hall–Kier alpha value is -2.60. The SMILES string of the molecule is CN(Cc1ccccc1)c1ccc(N2CC(CO)OC2=O)cc1F. The van der Waals surface area contributed by atoms with Crippen LogP contribution in [-0.2, 0) is 11.3 Å². The van der Waals surface area contributed by atoms with E-state index in [0.29, 0.717) is 17.9 Å². The van der Waals surface area contributed by atoms with Crippen molar-refractivity contribution in [3.8, 4) is 0 Å². The molecule has 1 atom stereocenters. The van der Waals surface area contributed by atoms with Gasteiger partial charge < -0.3 is 14.7 Å². The van der Waals surface area contributed by atoms with E-state index in [1.807, 2.05) is 42.3 Å². The fourth-order valence-corrected chi connectivity index (χ4v) is 2.74. The quantitative estimate of drug-likeness (QED) is 0.916. The summed E-state index contributed by atoms with van der Waals surface area (Å²) in [5.74, 6) is -0.411. The van der Waals surface area contributed by atoms with Crippen molar-refractivity contribution in [1.82, 2.24) is 0 Å². The van der Waals surface area contributed by atoms with Gasteiger partial charge in [0.05, 0.1) is 24.5 Å². The third kappa shape index (κ3) is 3.33. The summed E-state index contributed by atoms with van der Waals surface area (Å²) in [6.45, 7) is 0.548. The molecule has 0 spiro atoms. The number of cyclic esters (lactones) is 1. The van der Waals surface area contributed by atoms with E-state index in [1.54, 1.807) is 12.1 Å². The van der Waals surface area contributed by atoms with Gasteiger partial charge in [0.1, 0.15) is 11.9 Å². The summed E-state index contributed by atoms with van der Waals surface area (Å²) in [6.07, 6.45) is -1.14. The normalized spacial score (nSPS) is 17.0. The molecule has 2 aromatic rings. The van der Waals surface area contributed by atoms with Crippen LogP contribution in [0, 0.1) is 5.82 Å². The van der Waals surface area contributed by atoms with E-state index in [0.717, 1.165) is 5.56 Å². The van der Waals surface area contributed by atoms with Crippen molar-refractivity contribution in [3.63, 3.8) is 0 Å². The summed E-state index contributed by atoms with van der Waals surface area (Å²) in [4.78, 5) is 14.9. The number of aliphatic hydroxyl groups is 1. The largest absolute Gasteiger partial charge is 0.441 e. The summed E-state index contributed by atoms with van der Waals surface area (Å²) in [5, 5.41) is 9.08. The molecule has 6 heteroatoms. The zero-order valence-electron chi connectivity index (χ0n) is 13.4. The molecule has 1 aliphatic heterocycles. The summed E-state index contributed by atoms with van der Waals surface area (Å²) in [6, 6.07) is 14.4. The van der Waals surface area contributed by atoms with Crippen molar-refractivity contribution < 1.29 is 19.0 Å². The van der Waals surface area contributed by atoms with Gasteiger partial charge in [-0.1, -0.05) is 30.3 Å². The molecule has 5 nitrogen and oxygen atoms in total. The lowest BCUT2D eigenvalue weighted by Crippen LogP contribution is -2.25. The van der Waals surface area contributed by atoms with Crippen LogP contribution in [0.1, 0.15) is 5.56 Å². The van der Waals surface area contributed by atoms with E-state index in [2.05, 4.69) is 0 Å². The van der Waals surface area contributed by atoms with Gasteiger partial charge in [-0.15, -0.1) is 0 Å². The maximum absolute atomic E-state index is 14.5. The molecule has 3 rings (SSSR count). The molecular formula is C18H19FN2O3. The van der Waals surface area contributed by atoms with Crippen LogP contribution in [-0.4, -0.2) is 37.5 Å². The first-order valence-corrected chi connectivity index (χ1v) is 7.72. The minimum Gasteiger partial charge on any atom is -0.441 e. The molecule has 1 heterocycles. The Kier molecular flexibility index (Phi) is 4.66. The molecule has 0 saturated carbocycles. The lowest BCUT2D eigenvalue weighted by molar-refractivity contribution is 0.0963. The van der Waals surface area contributed by atoms with E-state index in [-0.39, 0.29) is 13.2 Å². The Labute approximate surface area is 139 Å². The number of ether oxygens (including phenoxy) is 1. The molecule has 0 bridgehead atoms. The highest BCUT2D eigenvalue weighted by molar-refractivity contribution is 5.90. The number of carbonyl (C=O) groups is 1. The number of amides is 1. The van der Waals surface area contributed by atoms with Gasteiger partial charge in [0.25, 0.3) is 0 Å². The van der Waals surface area contributed by atoms with Crippen molar-refractivity contribution in [2.75, 3.05) is 30.0 Å². The number of hydrogen-bond donors (Lipinski definition) is 1. The Morgan fingerprint density at radius 1 is 1.29 bits per heavy atom. The molecule has 1 N–H and O–H groups in total. The number of carbonyl (C=O) groups excluding carboxylic acids is 1. The minimum atomic E-state index is -0.571. The monoisotopic (exact) mass is 330 g/mol. The lowest BCUT2D eigenvalue weighted by Gasteiger charge is -2.21. The van der Waals surface area contributed by atoms with E-state index < -0.39 is 18.0 Å². The highest BCUT2D eigenvalue weighted by Gasteiger charge is 2.32. The standard InChI is InChI=1S/C18H19FN2O3/c1-20(10-13-5-3-2-4-6-13)17-8-7-14(9-16(17)19)21-11-15(12-22)24-18(21)23/h2-9,15,22H,10-12H2,1H3. The molecule has 1 aliphatic rings. The number of anilines is 2. The maximum Gasteiger partial charge on any atom is 0.414 e. The van der Waals surface area contributed by atoms with Gasteiger partial charge >= 0.3 is 6.09 Å². The Morgan fingerprint density at radius 2 is 2.04 bits per heavy atom. The highest BCUT2D eigenvalue weighted by atomic mass is 19.1. The second-order valence-electron chi connectivity index (χ2n) is 5.78. The smallest absolute Gasteiger partial charge is 0.414 e. The third-order valence-corrected chi connectivity index (χ3v) is 3.99. The average molecular weight is 330 g/mol. The van der Waals surface area contributed by atoms with Crippen LogP contribution in [0.25, 0.3) is 0 Å². The molecule has 1 amide bonds. The average Bonchev–Trinajstić information content (AvgIpc) is 2.96. The molecule has 0 aromatic heterocycles. The van der Waals surface area contributed by atoms with Gasteiger partial charge in [-0.25, -0.2) is 9.18 Å². The van der Waals surface area contributed by atoms with E-state index >= 15 is 0 Å². The van der Waals surface area contributed by atoms with Gasteiger partial charge in [-0.3, -0.25) is 4.90 Å². The first-order valence-electron chi connectivity index (χ1n) is 7.72. The molecule has 1 saturated heterocycles. The van der Waals surface area contributed by atoms with Crippen molar-refractivity contribution in [2.24, 2.45) is 0 Å². The van der Waals surface area contributed by atoms with Crippen LogP contribution >= 0.6 is 0 Å². The van der Waals surface area contributed by atoms with Crippen molar-refractivity contribution in [3.05, 3.63) is 59.9 Å². The summed E-state index contributed by atoms with van der Waals surface area (Å²) in [7, 11) is 1.82. The number of rotatable bonds is 5. The lowest BCUT2D eigenvalue weighted by atomic mass is 10.2. The zero-order chi connectivity index (χ0) is 17.1. The molecule has 0 radical (unpaired) electrons. The first-order chi connectivity index (χ1) is 11.6. The highest BCUT2D eigenvalue weighted by Crippen LogP contribution is 2.28. The van der Waals surface area contributed by atoms with Crippen molar-refractivity contribution in [1.29, 1.82) is 0 Å². The fourth-order valence-electron chi connectivity index (χ4n) is 2.74. The third-order valence-electron chi connectivity index (χ3n) is 3.99. The Morgan fingerprint density at radius 3 is 2.67 bits per heavy atom. The van der Waals surface area contributed by atoms with Gasteiger partial charge in [-0.05, 0) is 23.8 Å². The zero-order valence-corrected chi connectivity index (χ0v) is 13.4. The van der Waals surface area contributed by atoms with Crippen LogP contribution in [0.2, 0.25) is 0 Å². The minimum absolute atomic E-state index is 0.216. The first kappa shape index (κ1) is 16.3. The second kappa shape index (κ2) is 6.88. The summed E-state index contributed by atoms with van der Waals surface area (Å²) >= 11 is 0. The van der Waals surface area contributed by atoms with Gasteiger partial charge in [0.15, 0.2) is 0 Å². The number of aliphatic hydroxyl groups excluding tert-OH is 1. The molecule has 1 fully saturated rings. The van der Waals surface area contributed by atoms with Gasteiger partial charge in [0, 0.05) is 13.6 Å². The van der Waals surface area contributed by atoms with Crippen LogP contribution in [0.3, 0.4) is 0 Å². The van der Waals surface area contributed by atoms with Gasteiger partial charge in [0.2, 0.25) is 0 Å². The summed E-state index contributed by atoms with van der Waals surface area (Å²) in [5.41, 5.74) is 1.96. The second-order valence-corrected chi connectivity index (χ2v) is 5.78. The Bertz CT molecular complexity index is 723. The molecule has 0 aliphatic carbocycles. The molecule has 2 aromatic carbocycles. The molecule has 24 heavy (non-hydrogen) atoms. The van der Waals surface area contributed by atoms with Crippen molar-refractivity contribution in [2.45, 2.75) is 12.6 Å². The number of hydrogen-bond acceptors (Lipinski definition) is 4. The fraction of sp³-hybridized carbons (Fsp3) is 0.278.